The molecule has 30 heavy (non-hydrogen) atoms. The van der Waals surface area contributed by atoms with Crippen molar-refractivity contribution in [3.05, 3.63) is 65.7 Å². The Morgan fingerprint density at radius 1 is 1.10 bits per heavy atom. The number of ether oxygens (including phenoxy) is 1. The van der Waals surface area contributed by atoms with E-state index in [2.05, 4.69) is 79.5 Å². The Labute approximate surface area is 179 Å². The van der Waals surface area contributed by atoms with Crippen molar-refractivity contribution in [2.75, 3.05) is 18.1 Å². The van der Waals surface area contributed by atoms with Gasteiger partial charge in [0.2, 0.25) is 5.91 Å². The van der Waals surface area contributed by atoms with Crippen LogP contribution in [0.4, 0.5) is 5.69 Å². The number of unbranched alkanes of at least 4 members (excludes halogenated alkanes) is 2. The molecule has 0 radical (unpaired) electrons. The monoisotopic (exact) mass is 404 g/mol. The molecule has 0 saturated carbocycles. The summed E-state index contributed by atoms with van der Waals surface area (Å²) in [5.74, 6) is 1.01. The highest BCUT2D eigenvalue weighted by Crippen LogP contribution is 2.52. The zero-order valence-electron chi connectivity index (χ0n) is 18.3. The van der Waals surface area contributed by atoms with Crippen LogP contribution >= 0.6 is 0 Å². The van der Waals surface area contributed by atoms with Crippen molar-refractivity contribution >= 4 is 17.7 Å². The van der Waals surface area contributed by atoms with Gasteiger partial charge >= 0.3 is 0 Å². The molecule has 158 valence electrons. The van der Waals surface area contributed by atoms with Gasteiger partial charge in [0, 0.05) is 24.1 Å². The third kappa shape index (κ3) is 3.49. The van der Waals surface area contributed by atoms with Crippen molar-refractivity contribution in [2.45, 2.75) is 57.5 Å². The second kappa shape index (κ2) is 8.17. The largest absolute Gasteiger partial charge is 0.494 e. The maximum Gasteiger partial charge on any atom is 0.223 e. The summed E-state index contributed by atoms with van der Waals surface area (Å²) in [5.41, 5.74) is 2.76. The van der Waals surface area contributed by atoms with Crippen molar-refractivity contribution in [3.63, 3.8) is 0 Å². The number of nitrogens with one attached hydrogen (secondary N) is 1. The van der Waals surface area contributed by atoms with Gasteiger partial charge in [-0.1, -0.05) is 70.0 Å². The maximum atomic E-state index is 12.5. The first-order valence-corrected chi connectivity index (χ1v) is 11.1. The fraction of sp³-hybridized carbons (Fsp3) is 0.423. The van der Waals surface area contributed by atoms with E-state index in [9.17, 15) is 4.79 Å². The summed E-state index contributed by atoms with van der Waals surface area (Å²) in [6, 6.07) is 16.7. The normalized spacial score (nSPS) is 22.0. The van der Waals surface area contributed by atoms with Crippen LogP contribution in [0.15, 0.2) is 54.6 Å². The highest BCUT2D eigenvalue weighted by Gasteiger charge is 2.57. The van der Waals surface area contributed by atoms with Crippen molar-refractivity contribution in [2.24, 2.45) is 0 Å². The molecule has 4 rings (SSSR count). The first-order chi connectivity index (χ1) is 14.5. The molecule has 0 unspecified atom stereocenters. The van der Waals surface area contributed by atoms with Crippen molar-refractivity contribution in [1.29, 1.82) is 0 Å². The summed E-state index contributed by atoms with van der Waals surface area (Å²) in [6.07, 6.45) is 8.29. The van der Waals surface area contributed by atoms with Crippen LogP contribution in [0, 0.1) is 0 Å². The van der Waals surface area contributed by atoms with Gasteiger partial charge in [0.1, 0.15) is 11.4 Å². The molecule has 2 aromatic carbocycles. The third-order valence-corrected chi connectivity index (χ3v) is 6.55. The van der Waals surface area contributed by atoms with Crippen LogP contribution in [-0.4, -0.2) is 24.7 Å². The fourth-order valence-corrected chi connectivity index (χ4v) is 4.75. The number of hydrogen-bond donors (Lipinski definition) is 1. The number of nitrogens with zero attached hydrogens (tertiary/aromatic N) is 1. The van der Waals surface area contributed by atoms with Crippen molar-refractivity contribution in [1.82, 2.24) is 5.32 Å². The number of benzene rings is 2. The van der Waals surface area contributed by atoms with Crippen LogP contribution < -0.4 is 15.0 Å². The second-order valence-electron chi connectivity index (χ2n) is 8.82. The Hall–Kier alpha value is -2.75. The molecule has 2 aliphatic heterocycles. The molecule has 1 N–H and O–H groups in total. The molecule has 1 fully saturated rings. The molecule has 2 aromatic rings. The number of carbonyl (C=O) groups excluding carboxylic acids is 1. The van der Waals surface area contributed by atoms with Crippen LogP contribution in [0.25, 0.3) is 6.08 Å². The molecule has 2 aliphatic rings. The van der Waals surface area contributed by atoms with Crippen LogP contribution in [0.3, 0.4) is 0 Å². The van der Waals surface area contributed by atoms with Crippen molar-refractivity contribution in [3.8, 4) is 5.75 Å². The smallest absolute Gasteiger partial charge is 0.223 e. The van der Waals surface area contributed by atoms with Gasteiger partial charge in [0.15, 0.2) is 0 Å². The average Bonchev–Trinajstić information content (AvgIpc) is 2.94. The quantitative estimate of drug-likeness (QED) is 0.638. The number of fused-ring (bicyclic) bond motifs is 3. The van der Waals surface area contributed by atoms with Gasteiger partial charge in [0.05, 0.1) is 6.61 Å². The predicted molar refractivity (Wildman–Crippen MR) is 123 cm³/mol. The Morgan fingerprint density at radius 2 is 1.87 bits per heavy atom. The predicted octanol–water partition coefficient (Wildman–Crippen LogP) is 5.28. The lowest BCUT2D eigenvalue weighted by Crippen LogP contribution is -2.68. The van der Waals surface area contributed by atoms with Gasteiger partial charge in [-0.25, -0.2) is 0 Å². The molecule has 2 heterocycles. The molecular formula is C26H32N2O2. The summed E-state index contributed by atoms with van der Waals surface area (Å²) in [5, 5.41) is 3.33. The van der Waals surface area contributed by atoms with Gasteiger partial charge in [-0.15, -0.1) is 0 Å². The molecule has 4 heteroatoms. The van der Waals surface area contributed by atoms with E-state index in [1.165, 1.54) is 24.1 Å². The Bertz CT molecular complexity index is 932. The van der Waals surface area contributed by atoms with Gasteiger partial charge in [0.25, 0.3) is 0 Å². The summed E-state index contributed by atoms with van der Waals surface area (Å²) >= 11 is 0. The molecule has 0 aliphatic carbocycles. The molecule has 4 nitrogen and oxygen atoms in total. The summed E-state index contributed by atoms with van der Waals surface area (Å²) in [4.78, 5) is 14.8. The minimum Gasteiger partial charge on any atom is -0.494 e. The number of anilines is 1. The molecule has 0 aromatic heterocycles. The average molecular weight is 405 g/mol. The SMILES string of the molecule is CCCCCOc1ccc(/C=C/[C@@]23NC(=O)CCN2c2ccccc2C3(C)C)cc1. The lowest BCUT2D eigenvalue weighted by atomic mass is 9.74. The lowest BCUT2D eigenvalue weighted by molar-refractivity contribution is -0.124. The van der Waals surface area contributed by atoms with E-state index in [0.29, 0.717) is 6.42 Å². The first-order valence-electron chi connectivity index (χ1n) is 11.1. The van der Waals surface area contributed by atoms with Crippen LogP contribution in [0.5, 0.6) is 5.75 Å². The van der Waals surface area contributed by atoms with Crippen LogP contribution in [0.1, 0.15) is 57.6 Å². The van der Waals surface area contributed by atoms with Gasteiger partial charge in [-0.05, 0) is 41.8 Å². The van der Waals surface area contributed by atoms with E-state index < -0.39 is 5.66 Å². The maximum absolute atomic E-state index is 12.5. The summed E-state index contributed by atoms with van der Waals surface area (Å²) in [6.45, 7) is 8.12. The topological polar surface area (TPSA) is 41.6 Å². The number of amides is 1. The van der Waals surface area contributed by atoms with E-state index in [1.54, 1.807) is 0 Å². The number of para-hydroxylation sites is 1. The minimum absolute atomic E-state index is 0.104. The first kappa shape index (κ1) is 20.5. The number of hydrogen-bond acceptors (Lipinski definition) is 3. The molecule has 0 spiro atoms. The van der Waals surface area contributed by atoms with Crippen molar-refractivity contribution < 1.29 is 9.53 Å². The second-order valence-corrected chi connectivity index (χ2v) is 8.82. The highest BCUT2D eigenvalue weighted by atomic mass is 16.5. The standard InChI is InChI=1S/C26H32N2O2/c1-4-5-8-19-30-21-13-11-20(12-14-21)15-17-26-25(2,3)22-9-6-7-10-23(22)28(26)18-16-24(29)27-26/h6-7,9-15,17H,4-5,8,16,18-19H2,1-3H3,(H,27,29)/b17-15+/t26-/m1/s1. The van der Waals surface area contributed by atoms with Gasteiger partial charge in [-0.3, -0.25) is 4.79 Å². The lowest BCUT2D eigenvalue weighted by Gasteiger charge is -2.49. The molecule has 0 bridgehead atoms. The van der Waals surface area contributed by atoms with E-state index in [1.807, 2.05) is 12.1 Å². The van der Waals surface area contributed by atoms with E-state index in [4.69, 9.17) is 4.74 Å². The molecule has 1 atom stereocenters. The third-order valence-electron chi connectivity index (χ3n) is 6.55. The van der Waals surface area contributed by atoms with Gasteiger partial charge in [-0.2, -0.15) is 0 Å². The Morgan fingerprint density at radius 3 is 2.63 bits per heavy atom. The Kier molecular flexibility index (Phi) is 5.59. The van der Waals surface area contributed by atoms with Crippen LogP contribution in [0.2, 0.25) is 0 Å². The molecule has 1 amide bonds. The number of carbonyl (C=O) groups is 1. The molecular weight excluding hydrogens is 372 g/mol. The van der Waals surface area contributed by atoms with Gasteiger partial charge < -0.3 is 15.0 Å². The number of rotatable bonds is 7. The zero-order valence-corrected chi connectivity index (χ0v) is 18.3. The van der Waals surface area contributed by atoms with E-state index >= 15 is 0 Å². The fourth-order valence-electron chi connectivity index (χ4n) is 4.75. The van der Waals surface area contributed by atoms with Crippen LogP contribution in [-0.2, 0) is 10.2 Å². The van der Waals surface area contributed by atoms with E-state index in [-0.39, 0.29) is 11.3 Å². The molecule has 1 saturated heterocycles. The summed E-state index contributed by atoms with van der Waals surface area (Å²) in [7, 11) is 0. The summed E-state index contributed by atoms with van der Waals surface area (Å²) < 4.78 is 5.83. The minimum atomic E-state index is -0.568. The zero-order chi connectivity index (χ0) is 21.2. The Balaban J connectivity index is 1.59. The highest BCUT2D eigenvalue weighted by molar-refractivity contribution is 5.84. The van der Waals surface area contributed by atoms with E-state index in [0.717, 1.165) is 30.9 Å².